The number of ether oxygens (including phenoxy) is 2. The van der Waals surface area contributed by atoms with E-state index >= 15 is 0 Å². The lowest BCUT2D eigenvalue weighted by atomic mass is 9.75. The zero-order chi connectivity index (χ0) is 13.2. The van der Waals surface area contributed by atoms with Gasteiger partial charge >= 0.3 is 0 Å². The Morgan fingerprint density at radius 1 is 1.39 bits per heavy atom. The van der Waals surface area contributed by atoms with E-state index in [2.05, 4.69) is 32.0 Å². The molecule has 0 spiro atoms. The number of hydrogen-bond acceptors (Lipinski definition) is 2. The van der Waals surface area contributed by atoms with Gasteiger partial charge in [-0.25, -0.2) is 0 Å². The van der Waals surface area contributed by atoms with E-state index in [1.54, 1.807) is 7.11 Å². The third kappa shape index (κ3) is 2.36. The molecule has 0 radical (unpaired) electrons. The van der Waals surface area contributed by atoms with E-state index < -0.39 is 0 Å². The van der Waals surface area contributed by atoms with E-state index in [1.807, 2.05) is 0 Å². The highest BCUT2D eigenvalue weighted by molar-refractivity contribution is 6.17. The summed E-state index contributed by atoms with van der Waals surface area (Å²) in [7, 11) is 1.73. The molecule has 0 bridgehead atoms. The molecule has 0 aromatic heterocycles. The number of methoxy groups -OCH3 is 1. The number of hydrogen-bond donors (Lipinski definition) is 0. The van der Waals surface area contributed by atoms with E-state index in [4.69, 9.17) is 21.1 Å². The van der Waals surface area contributed by atoms with E-state index in [0.29, 0.717) is 11.8 Å². The van der Waals surface area contributed by atoms with Crippen LogP contribution < -0.4 is 4.74 Å². The van der Waals surface area contributed by atoms with E-state index in [1.165, 1.54) is 11.1 Å². The molecule has 0 amide bonds. The predicted octanol–water partition coefficient (Wildman–Crippen LogP) is 3.72. The van der Waals surface area contributed by atoms with Crippen LogP contribution >= 0.6 is 11.6 Å². The van der Waals surface area contributed by atoms with Crippen LogP contribution in [0, 0.1) is 0 Å². The van der Waals surface area contributed by atoms with Gasteiger partial charge in [-0.05, 0) is 24.0 Å². The van der Waals surface area contributed by atoms with Gasteiger partial charge in [-0.1, -0.05) is 26.0 Å². The summed E-state index contributed by atoms with van der Waals surface area (Å²) in [6.45, 7) is 5.87. The van der Waals surface area contributed by atoms with Crippen LogP contribution in [-0.2, 0) is 10.2 Å². The molecule has 1 heterocycles. The Morgan fingerprint density at radius 2 is 2.11 bits per heavy atom. The molecule has 2 rings (SSSR count). The molecule has 1 aliphatic heterocycles. The maximum atomic E-state index is 5.93. The molecule has 100 valence electrons. The minimum absolute atomic E-state index is 0.0581. The average molecular weight is 269 g/mol. The topological polar surface area (TPSA) is 18.5 Å². The SMILES string of the molecule is COc1cc(C(C)C)ccc1C1(CCCl)COC1. The number of alkyl halides is 1. The molecule has 0 unspecified atom stereocenters. The lowest BCUT2D eigenvalue weighted by Gasteiger charge is -2.42. The van der Waals surface area contributed by atoms with Crippen molar-refractivity contribution in [3.63, 3.8) is 0 Å². The first-order valence-electron chi connectivity index (χ1n) is 6.45. The van der Waals surface area contributed by atoms with Crippen LogP contribution in [0.2, 0.25) is 0 Å². The molecule has 1 aliphatic rings. The lowest BCUT2D eigenvalue weighted by molar-refractivity contribution is -0.0624. The van der Waals surface area contributed by atoms with Crippen molar-refractivity contribution >= 4 is 11.6 Å². The molecule has 1 aromatic rings. The summed E-state index contributed by atoms with van der Waals surface area (Å²) in [5.41, 5.74) is 2.60. The maximum Gasteiger partial charge on any atom is 0.123 e. The third-order valence-corrected chi connectivity index (χ3v) is 3.98. The number of rotatable bonds is 5. The van der Waals surface area contributed by atoms with Crippen LogP contribution in [0.1, 0.15) is 37.3 Å². The summed E-state index contributed by atoms with van der Waals surface area (Å²) in [6.07, 6.45) is 0.936. The highest BCUT2D eigenvalue weighted by Crippen LogP contribution is 2.41. The van der Waals surface area contributed by atoms with E-state index in [-0.39, 0.29) is 5.41 Å². The first kappa shape index (κ1) is 13.7. The van der Waals surface area contributed by atoms with Crippen LogP contribution in [0.25, 0.3) is 0 Å². The van der Waals surface area contributed by atoms with Crippen LogP contribution in [0.5, 0.6) is 5.75 Å². The molecule has 0 atom stereocenters. The van der Waals surface area contributed by atoms with Crippen LogP contribution in [0.4, 0.5) is 0 Å². The Kier molecular flexibility index (Phi) is 4.18. The van der Waals surface area contributed by atoms with Gasteiger partial charge in [-0.15, -0.1) is 11.6 Å². The monoisotopic (exact) mass is 268 g/mol. The zero-order valence-corrected chi connectivity index (χ0v) is 12.1. The van der Waals surface area contributed by atoms with Crippen LogP contribution in [-0.4, -0.2) is 26.2 Å². The largest absolute Gasteiger partial charge is 0.496 e. The molecule has 0 saturated carbocycles. The second kappa shape index (κ2) is 5.50. The van der Waals surface area contributed by atoms with Crippen LogP contribution in [0.15, 0.2) is 18.2 Å². The van der Waals surface area contributed by atoms with Gasteiger partial charge in [0.15, 0.2) is 0 Å². The fourth-order valence-corrected chi connectivity index (χ4v) is 2.83. The summed E-state index contributed by atoms with van der Waals surface area (Å²) < 4.78 is 11.0. The molecule has 1 fully saturated rings. The van der Waals surface area contributed by atoms with Crippen molar-refractivity contribution in [2.45, 2.75) is 31.6 Å². The summed E-state index contributed by atoms with van der Waals surface area (Å²) in [5.74, 6) is 2.13. The smallest absolute Gasteiger partial charge is 0.123 e. The summed E-state index contributed by atoms with van der Waals surface area (Å²) in [4.78, 5) is 0. The quantitative estimate of drug-likeness (QED) is 0.758. The zero-order valence-electron chi connectivity index (χ0n) is 11.3. The third-order valence-electron chi connectivity index (χ3n) is 3.79. The van der Waals surface area contributed by atoms with Crippen molar-refractivity contribution in [3.8, 4) is 5.75 Å². The Balaban J connectivity index is 2.37. The highest BCUT2D eigenvalue weighted by atomic mass is 35.5. The molecular formula is C15H21ClO2. The molecule has 0 N–H and O–H groups in total. The Morgan fingerprint density at radius 3 is 2.56 bits per heavy atom. The molecule has 1 aromatic carbocycles. The van der Waals surface area contributed by atoms with Crippen LogP contribution in [0.3, 0.4) is 0 Å². The van der Waals surface area contributed by atoms with Crippen molar-refractivity contribution in [3.05, 3.63) is 29.3 Å². The Labute approximate surface area is 114 Å². The van der Waals surface area contributed by atoms with Crippen molar-refractivity contribution in [2.24, 2.45) is 0 Å². The van der Waals surface area contributed by atoms with Crippen molar-refractivity contribution in [1.82, 2.24) is 0 Å². The van der Waals surface area contributed by atoms with E-state index in [0.717, 1.165) is 25.4 Å². The highest BCUT2D eigenvalue weighted by Gasteiger charge is 2.41. The second-order valence-corrected chi connectivity index (χ2v) is 5.70. The standard InChI is InChI=1S/C15H21ClO2/c1-11(2)12-4-5-13(14(8-12)17-3)15(6-7-16)9-18-10-15/h4-5,8,11H,6-7,9-10H2,1-3H3. The predicted molar refractivity (Wildman–Crippen MR) is 74.9 cm³/mol. The molecular weight excluding hydrogens is 248 g/mol. The molecule has 3 heteroatoms. The van der Waals surface area contributed by atoms with Gasteiger partial charge in [-0.3, -0.25) is 0 Å². The molecule has 0 aliphatic carbocycles. The Hall–Kier alpha value is -0.730. The summed E-state index contributed by atoms with van der Waals surface area (Å²) >= 11 is 5.93. The lowest BCUT2D eigenvalue weighted by Crippen LogP contribution is -2.47. The van der Waals surface area contributed by atoms with Crippen molar-refractivity contribution in [1.29, 1.82) is 0 Å². The van der Waals surface area contributed by atoms with Gasteiger partial charge in [0.2, 0.25) is 0 Å². The van der Waals surface area contributed by atoms with Gasteiger partial charge < -0.3 is 9.47 Å². The first-order valence-corrected chi connectivity index (χ1v) is 6.98. The number of benzene rings is 1. The van der Waals surface area contributed by atoms with Gasteiger partial charge in [-0.2, -0.15) is 0 Å². The molecule has 2 nitrogen and oxygen atoms in total. The summed E-state index contributed by atoms with van der Waals surface area (Å²) in [5, 5.41) is 0. The van der Waals surface area contributed by atoms with Gasteiger partial charge in [0.1, 0.15) is 5.75 Å². The van der Waals surface area contributed by atoms with Gasteiger partial charge in [0.25, 0.3) is 0 Å². The number of halogens is 1. The first-order chi connectivity index (χ1) is 8.63. The van der Waals surface area contributed by atoms with Gasteiger partial charge in [0.05, 0.1) is 20.3 Å². The maximum absolute atomic E-state index is 5.93. The minimum Gasteiger partial charge on any atom is -0.496 e. The van der Waals surface area contributed by atoms with Crippen molar-refractivity contribution < 1.29 is 9.47 Å². The van der Waals surface area contributed by atoms with E-state index in [9.17, 15) is 0 Å². The minimum atomic E-state index is 0.0581. The van der Waals surface area contributed by atoms with Gasteiger partial charge in [0, 0.05) is 16.9 Å². The Bertz CT molecular complexity index is 411. The molecule has 18 heavy (non-hydrogen) atoms. The average Bonchev–Trinajstić information content (AvgIpc) is 2.33. The fourth-order valence-electron chi connectivity index (χ4n) is 2.47. The summed E-state index contributed by atoms with van der Waals surface area (Å²) in [6, 6.07) is 6.52. The normalized spacial score (nSPS) is 17.6. The second-order valence-electron chi connectivity index (χ2n) is 5.33. The molecule has 1 saturated heterocycles. The fraction of sp³-hybridized carbons (Fsp3) is 0.600. The van der Waals surface area contributed by atoms with Crippen molar-refractivity contribution in [2.75, 3.05) is 26.2 Å².